The molecule has 0 aliphatic heterocycles. The van der Waals surface area contributed by atoms with Gasteiger partial charge >= 0.3 is 12.3 Å². The van der Waals surface area contributed by atoms with Crippen LogP contribution in [-0.4, -0.2) is 29.8 Å². The third kappa shape index (κ3) is 6.30. The summed E-state index contributed by atoms with van der Waals surface area (Å²) in [5.74, 6) is -1.95. The van der Waals surface area contributed by atoms with E-state index >= 15 is 0 Å². The molecule has 1 aromatic heterocycles. The van der Waals surface area contributed by atoms with Gasteiger partial charge in [0.25, 0.3) is 5.91 Å². The first-order valence-corrected chi connectivity index (χ1v) is 7.05. The minimum absolute atomic E-state index is 0.0612. The van der Waals surface area contributed by atoms with Gasteiger partial charge in [-0.25, -0.2) is 9.78 Å². The van der Waals surface area contributed by atoms with E-state index in [1.54, 1.807) is 0 Å². The SMILES string of the molecule is O=C(COC(=O)c1cc(Cl)ccn1)Nc1ccc(OC(F)(F)F)cc1. The summed E-state index contributed by atoms with van der Waals surface area (Å²) in [5.41, 5.74) is 0.144. The summed E-state index contributed by atoms with van der Waals surface area (Å²) in [4.78, 5) is 27.1. The molecule has 0 fully saturated rings. The average Bonchev–Trinajstić information content (AvgIpc) is 2.53. The summed E-state index contributed by atoms with van der Waals surface area (Å²) in [6.07, 6.45) is -3.49. The maximum absolute atomic E-state index is 12.0. The molecule has 0 aliphatic rings. The number of benzene rings is 1. The number of pyridine rings is 1. The van der Waals surface area contributed by atoms with E-state index in [1.807, 2.05) is 0 Å². The molecular weight excluding hydrogens is 365 g/mol. The van der Waals surface area contributed by atoms with Crippen LogP contribution in [0, 0.1) is 0 Å². The highest BCUT2D eigenvalue weighted by molar-refractivity contribution is 6.30. The summed E-state index contributed by atoms with van der Waals surface area (Å²) in [6, 6.07) is 7.23. The molecule has 0 radical (unpaired) electrons. The lowest BCUT2D eigenvalue weighted by Crippen LogP contribution is -2.21. The Labute approximate surface area is 144 Å². The normalized spacial score (nSPS) is 10.9. The Hall–Kier alpha value is -2.81. The molecule has 10 heteroatoms. The molecule has 2 aromatic rings. The largest absolute Gasteiger partial charge is 0.573 e. The molecule has 0 saturated heterocycles. The van der Waals surface area contributed by atoms with Crippen molar-refractivity contribution >= 4 is 29.2 Å². The molecule has 1 N–H and O–H groups in total. The van der Waals surface area contributed by atoms with Crippen molar-refractivity contribution in [3.8, 4) is 5.75 Å². The van der Waals surface area contributed by atoms with Crippen LogP contribution in [0.1, 0.15) is 10.5 Å². The van der Waals surface area contributed by atoms with Crippen LogP contribution in [0.2, 0.25) is 5.02 Å². The van der Waals surface area contributed by atoms with Crippen molar-refractivity contribution in [3.05, 3.63) is 53.3 Å². The van der Waals surface area contributed by atoms with Crippen LogP contribution in [0.15, 0.2) is 42.6 Å². The first-order valence-electron chi connectivity index (χ1n) is 6.67. The predicted octanol–water partition coefficient (Wildman–Crippen LogP) is 3.43. The van der Waals surface area contributed by atoms with Gasteiger partial charge in [0.15, 0.2) is 6.61 Å². The molecule has 1 heterocycles. The van der Waals surface area contributed by atoms with Gasteiger partial charge in [0.05, 0.1) is 0 Å². The number of esters is 1. The van der Waals surface area contributed by atoms with Gasteiger partial charge in [-0.1, -0.05) is 11.6 Å². The van der Waals surface area contributed by atoms with Crippen LogP contribution in [0.25, 0.3) is 0 Å². The summed E-state index contributed by atoms with van der Waals surface area (Å²) in [6.45, 7) is -0.603. The van der Waals surface area contributed by atoms with Gasteiger partial charge in [0, 0.05) is 16.9 Å². The quantitative estimate of drug-likeness (QED) is 0.811. The molecule has 1 amide bonds. The number of halogens is 4. The van der Waals surface area contributed by atoms with Gasteiger partial charge in [-0.05, 0) is 36.4 Å². The molecule has 0 atom stereocenters. The molecule has 0 spiro atoms. The molecule has 25 heavy (non-hydrogen) atoms. The fourth-order valence-electron chi connectivity index (χ4n) is 1.66. The van der Waals surface area contributed by atoms with Crippen molar-refractivity contribution in [2.75, 3.05) is 11.9 Å². The highest BCUT2D eigenvalue weighted by atomic mass is 35.5. The minimum atomic E-state index is -4.80. The average molecular weight is 375 g/mol. The monoisotopic (exact) mass is 374 g/mol. The molecule has 0 bridgehead atoms. The first kappa shape index (κ1) is 18.5. The Morgan fingerprint density at radius 2 is 1.84 bits per heavy atom. The van der Waals surface area contributed by atoms with E-state index in [0.29, 0.717) is 0 Å². The number of anilines is 1. The molecule has 0 unspecified atom stereocenters. The number of nitrogens with one attached hydrogen (secondary N) is 1. The predicted molar refractivity (Wildman–Crippen MR) is 81.3 cm³/mol. The molecule has 0 saturated carbocycles. The lowest BCUT2D eigenvalue weighted by Gasteiger charge is -2.10. The minimum Gasteiger partial charge on any atom is -0.451 e. The van der Waals surface area contributed by atoms with Crippen molar-refractivity contribution in [1.29, 1.82) is 0 Å². The lowest BCUT2D eigenvalue weighted by molar-refractivity contribution is -0.274. The number of amides is 1. The Bertz CT molecular complexity index is 766. The second-order valence-corrected chi connectivity index (χ2v) is 4.99. The summed E-state index contributed by atoms with van der Waals surface area (Å²) in [5, 5.41) is 2.64. The van der Waals surface area contributed by atoms with E-state index in [-0.39, 0.29) is 16.4 Å². The zero-order valence-electron chi connectivity index (χ0n) is 12.3. The van der Waals surface area contributed by atoms with Gasteiger partial charge in [0.1, 0.15) is 11.4 Å². The van der Waals surface area contributed by atoms with E-state index in [9.17, 15) is 22.8 Å². The van der Waals surface area contributed by atoms with Crippen LogP contribution in [-0.2, 0) is 9.53 Å². The van der Waals surface area contributed by atoms with Crippen LogP contribution in [0.3, 0.4) is 0 Å². The fraction of sp³-hybridized carbons (Fsp3) is 0.133. The lowest BCUT2D eigenvalue weighted by atomic mass is 10.3. The third-order valence-corrected chi connectivity index (χ3v) is 2.87. The van der Waals surface area contributed by atoms with Gasteiger partial charge < -0.3 is 14.8 Å². The standard InChI is InChI=1S/C15H10ClF3N2O4/c16-9-5-6-20-12(7-9)14(23)24-8-13(22)21-10-1-3-11(4-2-10)25-15(17,18)19/h1-7H,8H2,(H,21,22). The number of hydrogen-bond acceptors (Lipinski definition) is 5. The highest BCUT2D eigenvalue weighted by Crippen LogP contribution is 2.23. The Morgan fingerprint density at radius 3 is 2.44 bits per heavy atom. The van der Waals surface area contributed by atoms with Gasteiger partial charge in [-0.3, -0.25) is 4.79 Å². The van der Waals surface area contributed by atoms with Crippen LogP contribution in [0.4, 0.5) is 18.9 Å². The molecule has 0 aliphatic carbocycles. The number of rotatable bonds is 5. The number of aromatic nitrogens is 1. The van der Waals surface area contributed by atoms with Gasteiger partial charge in [-0.2, -0.15) is 0 Å². The smallest absolute Gasteiger partial charge is 0.451 e. The van der Waals surface area contributed by atoms with Crippen molar-refractivity contribution in [3.63, 3.8) is 0 Å². The van der Waals surface area contributed by atoms with E-state index in [1.165, 1.54) is 30.5 Å². The van der Waals surface area contributed by atoms with Crippen molar-refractivity contribution in [2.24, 2.45) is 0 Å². The van der Waals surface area contributed by atoms with E-state index in [2.05, 4.69) is 15.0 Å². The maximum Gasteiger partial charge on any atom is 0.573 e. The van der Waals surface area contributed by atoms with Crippen molar-refractivity contribution < 1.29 is 32.2 Å². The first-order chi connectivity index (χ1) is 11.7. The zero-order valence-corrected chi connectivity index (χ0v) is 13.1. The Morgan fingerprint density at radius 1 is 1.16 bits per heavy atom. The summed E-state index contributed by atoms with van der Waals surface area (Å²) >= 11 is 5.70. The number of carbonyl (C=O) groups is 2. The highest BCUT2D eigenvalue weighted by Gasteiger charge is 2.30. The summed E-state index contributed by atoms with van der Waals surface area (Å²) in [7, 11) is 0. The molecule has 1 aromatic carbocycles. The Balaban J connectivity index is 1.85. The third-order valence-electron chi connectivity index (χ3n) is 2.64. The number of hydrogen-bond donors (Lipinski definition) is 1. The number of alkyl halides is 3. The number of nitrogens with zero attached hydrogens (tertiary/aromatic N) is 1. The zero-order chi connectivity index (χ0) is 18.4. The molecular formula is C15H10ClF3N2O4. The van der Waals surface area contributed by atoms with Gasteiger partial charge in [-0.15, -0.1) is 13.2 Å². The second-order valence-electron chi connectivity index (χ2n) is 4.56. The van der Waals surface area contributed by atoms with Crippen LogP contribution >= 0.6 is 11.6 Å². The number of ether oxygens (including phenoxy) is 2. The second kappa shape index (κ2) is 7.84. The Kier molecular flexibility index (Phi) is 5.81. The fourth-order valence-corrected chi connectivity index (χ4v) is 1.82. The number of carbonyl (C=O) groups excluding carboxylic acids is 2. The molecule has 6 nitrogen and oxygen atoms in total. The van der Waals surface area contributed by atoms with E-state index in [4.69, 9.17) is 16.3 Å². The summed E-state index contributed by atoms with van der Waals surface area (Å²) < 4.78 is 44.6. The van der Waals surface area contributed by atoms with Crippen LogP contribution in [0.5, 0.6) is 5.75 Å². The maximum atomic E-state index is 12.0. The van der Waals surface area contributed by atoms with E-state index in [0.717, 1.165) is 12.1 Å². The van der Waals surface area contributed by atoms with Crippen molar-refractivity contribution in [2.45, 2.75) is 6.36 Å². The molecule has 132 valence electrons. The molecule has 2 rings (SSSR count). The van der Waals surface area contributed by atoms with Crippen molar-refractivity contribution in [1.82, 2.24) is 4.98 Å². The van der Waals surface area contributed by atoms with Crippen LogP contribution < -0.4 is 10.1 Å². The topological polar surface area (TPSA) is 77.5 Å². The van der Waals surface area contributed by atoms with Gasteiger partial charge in [0.2, 0.25) is 0 Å². The van der Waals surface area contributed by atoms with E-state index < -0.39 is 30.6 Å².